The molecule has 0 aliphatic rings. The van der Waals surface area contributed by atoms with Gasteiger partial charge in [0, 0.05) is 0 Å². The van der Waals surface area contributed by atoms with Gasteiger partial charge in [-0.3, -0.25) is 15.8 Å². The maximum absolute atomic E-state index is 11.1. The molecular formula is C10H16N6O2S2. The van der Waals surface area contributed by atoms with Crippen molar-refractivity contribution in [2.24, 2.45) is 11.5 Å². The topological polar surface area (TPSA) is 147 Å². The number of rotatable bonds is 5. The number of hydrogen-bond acceptors (Lipinski definition) is 6. The molecule has 0 aliphatic carbocycles. The molecule has 0 amide bonds. The van der Waals surface area contributed by atoms with E-state index in [0.717, 1.165) is 11.5 Å². The molecule has 20 heavy (non-hydrogen) atoms. The van der Waals surface area contributed by atoms with E-state index in [2.05, 4.69) is 9.97 Å². The largest absolute Gasteiger partial charge is 0.387 e. The van der Waals surface area contributed by atoms with Crippen molar-refractivity contribution >= 4 is 44.2 Å². The number of hydrogen-bond donors (Lipinski definition) is 3. The maximum atomic E-state index is 11.1. The quantitative estimate of drug-likeness (QED) is 0.400. The SMILES string of the molecule is CCS(CC)=C(N)c1nc(C(N)=S)nc(N)c1[N+](=O)[O-]. The van der Waals surface area contributed by atoms with Crippen LogP contribution in [0.3, 0.4) is 0 Å². The van der Waals surface area contributed by atoms with E-state index < -0.39 is 10.6 Å². The lowest BCUT2D eigenvalue weighted by atomic mass is 10.3. The summed E-state index contributed by atoms with van der Waals surface area (Å²) in [6, 6.07) is 0. The fourth-order valence-corrected chi connectivity index (χ4v) is 3.12. The van der Waals surface area contributed by atoms with Crippen LogP contribution in [-0.4, -0.2) is 36.4 Å². The molecule has 1 aromatic rings. The fraction of sp³-hybridized carbons (Fsp3) is 0.400. The van der Waals surface area contributed by atoms with Crippen molar-refractivity contribution in [3.8, 4) is 0 Å². The highest BCUT2D eigenvalue weighted by molar-refractivity contribution is 8.16. The first kappa shape index (κ1) is 16.4. The monoisotopic (exact) mass is 316 g/mol. The normalized spacial score (nSPS) is 10.6. The van der Waals surface area contributed by atoms with Gasteiger partial charge in [-0.05, 0) is 11.5 Å². The predicted molar refractivity (Wildman–Crippen MR) is 86.0 cm³/mol. The molecule has 0 aromatic carbocycles. The number of nitrogens with zero attached hydrogens (tertiary/aromatic N) is 3. The van der Waals surface area contributed by atoms with E-state index in [1.807, 2.05) is 13.8 Å². The zero-order chi connectivity index (χ0) is 15.4. The average Bonchev–Trinajstić information content (AvgIpc) is 2.38. The molecule has 0 saturated heterocycles. The lowest BCUT2D eigenvalue weighted by molar-refractivity contribution is -0.384. The predicted octanol–water partition coefficient (Wildman–Crippen LogP) is 0.347. The summed E-state index contributed by atoms with van der Waals surface area (Å²) in [4.78, 5) is 18.5. The van der Waals surface area contributed by atoms with Gasteiger partial charge in [0.2, 0.25) is 5.82 Å². The summed E-state index contributed by atoms with van der Waals surface area (Å²) in [5.41, 5.74) is 16.7. The van der Waals surface area contributed by atoms with Crippen molar-refractivity contribution < 1.29 is 4.92 Å². The Morgan fingerprint density at radius 3 is 2.30 bits per heavy atom. The number of aromatic nitrogens is 2. The molecule has 0 aliphatic heterocycles. The van der Waals surface area contributed by atoms with Crippen LogP contribution in [0.5, 0.6) is 0 Å². The van der Waals surface area contributed by atoms with Gasteiger partial charge >= 0.3 is 5.69 Å². The molecule has 10 heteroatoms. The standard InChI is InChI=1S/C10H16N6O2S2/c1-3-20(4-2)9(13)5-6(16(17)18)7(11)15-10(14-5)8(12)19/h3-4,13H2,1-2H3,(H2,12,19)(H2,11,14,15). The van der Waals surface area contributed by atoms with Crippen molar-refractivity contribution in [3.05, 3.63) is 21.6 Å². The van der Waals surface area contributed by atoms with E-state index in [-0.39, 0.29) is 32.8 Å². The minimum Gasteiger partial charge on any atom is -0.387 e. The van der Waals surface area contributed by atoms with Crippen LogP contribution in [0.15, 0.2) is 0 Å². The van der Waals surface area contributed by atoms with Gasteiger partial charge in [-0.15, -0.1) is 0 Å². The highest BCUT2D eigenvalue weighted by atomic mass is 32.2. The summed E-state index contributed by atoms with van der Waals surface area (Å²) in [6.45, 7) is 3.90. The molecule has 1 aromatic heterocycles. The summed E-state index contributed by atoms with van der Waals surface area (Å²) in [7, 11) is -0.331. The van der Waals surface area contributed by atoms with Gasteiger partial charge in [0.05, 0.1) is 9.91 Å². The average molecular weight is 316 g/mol. The van der Waals surface area contributed by atoms with Crippen LogP contribution in [-0.2, 0) is 0 Å². The zero-order valence-corrected chi connectivity index (χ0v) is 12.8. The minimum atomic E-state index is -0.645. The third kappa shape index (κ3) is 3.26. The number of anilines is 1. The second kappa shape index (κ2) is 6.68. The van der Waals surface area contributed by atoms with Gasteiger partial charge < -0.3 is 11.5 Å². The van der Waals surface area contributed by atoms with Gasteiger partial charge in [0.25, 0.3) is 0 Å². The molecule has 0 atom stereocenters. The van der Waals surface area contributed by atoms with Crippen LogP contribution in [0.1, 0.15) is 25.4 Å². The summed E-state index contributed by atoms with van der Waals surface area (Å²) in [6.07, 6.45) is 0. The van der Waals surface area contributed by atoms with Gasteiger partial charge in [-0.1, -0.05) is 26.1 Å². The molecule has 6 N–H and O–H groups in total. The first-order valence-corrected chi connectivity index (χ1v) is 7.72. The lowest BCUT2D eigenvalue weighted by Gasteiger charge is -2.11. The van der Waals surface area contributed by atoms with Gasteiger partial charge in [-0.2, -0.15) is 10.5 Å². The molecule has 0 spiro atoms. The van der Waals surface area contributed by atoms with Crippen molar-refractivity contribution in [3.63, 3.8) is 0 Å². The van der Waals surface area contributed by atoms with Crippen molar-refractivity contribution in [1.29, 1.82) is 0 Å². The first-order valence-electron chi connectivity index (χ1n) is 5.75. The van der Waals surface area contributed by atoms with Crippen molar-refractivity contribution in [2.75, 3.05) is 17.2 Å². The van der Waals surface area contributed by atoms with Crippen LogP contribution in [0.25, 0.3) is 0 Å². The number of nitro groups is 1. The smallest absolute Gasteiger partial charge is 0.338 e. The third-order valence-electron chi connectivity index (χ3n) is 2.56. The molecular weight excluding hydrogens is 300 g/mol. The lowest BCUT2D eigenvalue weighted by Crippen LogP contribution is -2.24. The second-order valence-corrected chi connectivity index (χ2v) is 6.71. The van der Waals surface area contributed by atoms with E-state index in [1.165, 1.54) is 0 Å². The minimum absolute atomic E-state index is 0.0114. The molecule has 1 rings (SSSR count). The van der Waals surface area contributed by atoms with Crippen LogP contribution < -0.4 is 17.2 Å². The van der Waals surface area contributed by atoms with Crippen molar-refractivity contribution in [1.82, 2.24) is 9.97 Å². The van der Waals surface area contributed by atoms with E-state index in [1.54, 1.807) is 0 Å². The zero-order valence-electron chi connectivity index (χ0n) is 11.1. The Kier molecular flexibility index (Phi) is 5.48. The highest BCUT2D eigenvalue weighted by Gasteiger charge is 2.26. The van der Waals surface area contributed by atoms with Crippen molar-refractivity contribution in [2.45, 2.75) is 13.8 Å². The highest BCUT2D eigenvalue weighted by Crippen LogP contribution is 2.26. The Hall–Kier alpha value is -1.65. The van der Waals surface area contributed by atoms with Crippen LogP contribution >= 0.6 is 22.7 Å². The molecule has 0 saturated carbocycles. The Morgan fingerprint density at radius 2 is 1.90 bits per heavy atom. The third-order valence-corrected chi connectivity index (χ3v) is 4.95. The Labute approximate surface area is 123 Å². The summed E-state index contributed by atoms with van der Waals surface area (Å²) >= 11 is 4.78. The number of nitrogens with two attached hydrogens (primary N) is 3. The Bertz CT molecular complexity index is 596. The number of thiocarbonyl (C=S) groups is 1. The van der Waals surface area contributed by atoms with Crippen LogP contribution in [0.4, 0.5) is 11.5 Å². The summed E-state index contributed by atoms with van der Waals surface area (Å²) in [5.74, 6) is 1.20. The summed E-state index contributed by atoms with van der Waals surface area (Å²) in [5, 5.41) is 11.1. The van der Waals surface area contributed by atoms with E-state index in [0.29, 0.717) is 4.99 Å². The molecule has 1 heterocycles. The fourth-order valence-electron chi connectivity index (χ4n) is 1.59. The van der Waals surface area contributed by atoms with Gasteiger partial charge in [-0.25, -0.2) is 9.97 Å². The second-order valence-electron chi connectivity index (χ2n) is 3.69. The van der Waals surface area contributed by atoms with Gasteiger partial charge in [0.15, 0.2) is 11.5 Å². The molecule has 0 bridgehead atoms. The number of nitrogen functional groups attached to an aromatic ring is 1. The molecule has 0 unspecified atom stereocenters. The maximum Gasteiger partial charge on any atom is 0.338 e. The Morgan fingerprint density at radius 1 is 1.35 bits per heavy atom. The van der Waals surface area contributed by atoms with Crippen LogP contribution in [0, 0.1) is 10.1 Å². The van der Waals surface area contributed by atoms with E-state index in [4.69, 9.17) is 29.4 Å². The molecule has 110 valence electrons. The van der Waals surface area contributed by atoms with Gasteiger partial charge in [0.1, 0.15) is 4.99 Å². The van der Waals surface area contributed by atoms with E-state index in [9.17, 15) is 10.1 Å². The first-order chi connectivity index (χ1) is 9.33. The van der Waals surface area contributed by atoms with E-state index >= 15 is 0 Å². The molecule has 8 nitrogen and oxygen atoms in total. The Balaban J connectivity index is 3.69. The van der Waals surface area contributed by atoms with Crippen LogP contribution in [0.2, 0.25) is 0 Å². The summed E-state index contributed by atoms with van der Waals surface area (Å²) < 4.78 is 0. The molecule has 0 radical (unpaired) electrons. The molecule has 0 fully saturated rings.